The summed E-state index contributed by atoms with van der Waals surface area (Å²) in [6.45, 7) is 1.76. The van der Waals surface area contributed by atoms with Crippen LogP contribution in [0.25, 0.3) is 0 Å². The van der Waals surface area contributed by atoms with Crippen molar-refractivity contribution in [1.82, 2.24) is 10.2 Å². The van der Waals surface area contributed by atoms with Gasteiger partial charge in [-0.05, 0) is 30.3 Å². The molecule has 2 aromatic rings. The van der Waals surface area contributed by atoms with Gasteiger partial charge in [0.15, 0.2) is 5.82 Å². The summed E-state index contributed by atoms with van der Waals surface area (Å²) in [6, 6.07) is 10.3. The van der Waals surface area contributed by atoms with Crippen LogP contribution in [-0.4, -0.2) is 27.8 Å². The maximum absolute atomic E-state index is 11.9. The van der Waals surface area contributed by atoms with Crippen molar-refractivity contribution in [3.63, 3.8) is 0 Å². The van der Waals surface area contributed by atoms with E-state index in [0.29, 0.717) is 28.0 Å². The summed E-state index contributed by atoms with van der Waals surface area (Å²) < 4.78 is 0. The Morgan fingerprint density at radius 1 is 1.13 bits per heavy atom. The van der Waals surface area contributed by atoms with Crippen LogP contribution in [0.5, 0.6) is 0 Å². The van der Waals surface area contributed by atoms with Gasteiger partial charge >= 0.3 is 0 Å². The second kappa shape index (κ2) is 8.50. The molecule has 23 heavy (non-hydrogen) atoms. The maximum atomic E-state index is 11.9. The molecule has 2 amide bonds. The van der Waals surface area contributed by atoms with Gasteiger partial charge in [-0.2, -0.15) is 0 Å². The molecule has 0 bridgehead atoms. The molecule has 2 N–H and O–H groups in total. The van der Waals surface area contributed by atoms with E-state index in [1.165, 1.54) is 11.8 Å². The number of halogens is 1. The first-order valence-electron chi connectivity index (χ1n) is 6.88. The molecular weight excluding hydrogens is 336 g/mol. The smallest absolute Gasteiger partial charge is 0.234 e. The zero-order valence-electron chi connectivity index (χ0n) is 12.4. The molecule has 0 aliphatic carbocycles. The van der Waals surface area contributed by atoms with Crippen LogP contribution in [-0.2, 0) is 9.59 Å². The van der Waals surface area contributed by atoms with Crippen LogP contribution in [0.2, 0.25) is 5.02 Å². The molecule has 0 saturated carbocycles. The Kier molecular flexibility index (Phi) is 6.37. The van der Waals surface area contributed by atoms with Crippen LogP contribution in [0.4, 0.5) is 11.5 Å². The Hall–Kier alpha value is -2.12. The van der Waals surface area contributed by atoms with E-state index in [1.54, 1.807) is 43.3 Å². The number of rotatable bonds is 6. The number of amides is 2. The summed E-state index contributed by atoms with van der Waals surface area (Å²) in [4.78, 5) is 23.1. The van der Waals surface area contributed by atoms with Crippen molar-refractivity contribution >= 4 is 46.7 Å². The Labute approximate surface area is 143 Å². The minimum absolute atomic E-state index is 0.124. The van der Waals surface area contributed by atoms with Gasteiger partial charge in [-0.15, -0.1) is 10.2 Å². The lowest BCUT2D eigenvalue weighted by Gasteiger charge is -2.05. The SMILES string of the molecule is CCC(=O)Nc1ccc(SCC(=O)Nc2cccc(Cl)c2)nn1. The predicted molar refractivity (Wildman–Crippen MR) is 91.8 cm³/mol. The first kappa shape index (κ1) is 17.2. The van der Waals surface area contributed by atoms with Crippen LogP contribution in [0.15, 0.2) is 41.4 Å². The van der Waals surface area contributed by atoms with Gasteiger partial charge in [-0.3, -0.25) is 9.59 Å². The molecule has 1 aromatic carbocycles. The highest BCUT2D eigenvalue weighted by Crippen LogP contribution is 2.18. The Morgan fingerprint density at radius 2 is 1.96 bits per heavy atom. The van der Waals surface area contributed by atoms with Crippen LogP contribution in [0, 0.1) is 0 Å². The molecule has 6 nitrogen and oxygen atoms in total. The largest absolute Gasteiger partial charge is 0.325 e. The summed E-state index contributed by atoms with van der Waals surface area (Å²) in [6.07, 6.45) is 0.377. The number of anilines is 2. The van der Waals surface area contributed by atoms with E-state index < -0.39 is 0 Å². The minimum atomic E-state index is -0.164. The lowest BCUT2D eigenvalue weighted by Crippen LogP contribution is -2.14. The van der Waals surface area contributed by atoms with Gasteiger partial charge in [0.05, 0.1) is 5.75 Å². The van der Waals surface area contributed by atoms with E-state index in [-0.39, 0.29) is 17.6 Å². The Balaban J connectivity index is 1.83. The van der Waals surface area contributed by atoms with Crippen molar-refractivity contribution < 1.29 is 9.59 Å². The molecule has 0 radical (unpaired) electrons. The van der Waals surface area contributed by atoms with Gasteiger partial charge in [0.2, 0.25) is 11.8 Å². The third kappa shape index (κ3) is 5.88. The highest BCUT2D eigenvalue weighted by Gasteiger charge is 2.06. The van der Waals surface area contributed by atoms with Crippen molar-refractivity contribution in [2.45, 2.75) is 18.4 Å². The topological polar surface area (TPSA) is 84.0 Å². The molecular formula is C15H15ClN4O2S. The van der Waals surface area contributed by atoms with Crippen molar-refractivity contribution in [3.05, 3.63) is 41.4 Å². The molecule has 0 atom stereocenters. The van der Waals surface area contributed by atoms with Crippen molar-refractivity contribution in [3.8, 4) is 0 Å². The van der Waals surface area contributed by atoms with Gasteiger partial charge in [0.1, 0.15) is 5.03 Å². The van der Waals surface area contributed by atoms with E-state index in [2.05, 4.69) is 20.8 Å². The Morgan fingerprint density at radius 3 is 2.61 bits per heavy atom. The molecule has 1 heterocycles. The molecule has 0 spiro atoms. The van der Waals surface area contributed by atoms with Gasteiger partial charge in [-0.25, -0.2) is 0 Å². The first-order chi connectivity index (χ1) is 11.1. The molecule has 0 fully saturated rings. The van der Waals surface area contributed by atoms with Gasteiger partial charge in [0, 0.05) is 17.1 Å². The Bertz CT molecular complexity index is 694. The summed E-state index contributed by atoms with van der Waals surface area (Å²) >= 11 is 7.11. The van der Waals surface area contributed by atoms with Crippen molar-refractivity contribution in [2.75, 3.05) is 16.4 Å². The maximum Gasteiger partial charge on any atom is 0.234 e. The standard InChI is InChI=1S/C15H15ClN4O2S/c1-2-13(21)18-12-6-7-15(20-19-12)23-9-14(22)17-11-5-3-4-10(16)8-11/h3-8H,2,9H2,1H3,(H,17,22)(H,18,19,21). The molecule has 0 aliphatic heterocycles. The highest BCUT2D eigenvalue weighted by atomic mass is 35.5. The first-order valence-corrected chi connectivity index (χ1v) is 8.25. The molecule has 2 rings (SSSR count). The average molecular weight is 351 g/mol. The van der Waals surface area contributed by atoms with Crippen molar-refractivity contribution in [1.29, 1.82) is 0 Å². The molecule has 0 unspecified atom stereocenters. The third-order valence-corrected chi connectivity index (χ3v) is 3.84. The van der Waals surface area contributed by atoms with Gasteiger partial charge in [0.25, 0.3) is 0 Å². The van der Waals surface area contributed by atoms with E-state index in [9.17, 15) is 9.59 Å². The number of hydrogen-bond donors (Lipinski definition) is 2. The van der Waals surface area contributed by atoms with Crippen LogP contribution < -0.4 is 10.6 Å². The fourth-order valence-corrected chi connectivity index (χ4v) is 2.40. The number of nitrogens with zero attached hydrogens (tertiary/aromatic N) is 2. The van der Waals surface area contributed by atoms with E-state index in [1.807, 2.05) is 0 Å². The number of aromatic nitrogens is 2. The number of carbonyl (C=O) groups excluding carboxylic acids is 2. The summed E-state index contributed by atoms with van der Waals surface area (Å²) in [5.74, 6) is 0.301. The fraction of sp³-hybridized carbons (Fsp3) is 0.200. The minimum Gasteiger partial charge on any atom is -0.325 e. The molecule has 8 heteroatoms. The van der Waals surface area contributed by atoms with Crippen molar-refractivity contribution in [2.24, 2.45) is 0 Å². The van der Waals surface area contributed by atoms with Crippen LogP contribution in [0.1, 0.15) is 13.3 Å². The lowest BCUT2D eigenvalue weighted by molar-refractivity contribution is -0.116. The number of carbonyl (C=O) groups is 2. The zero-order chi connectivity index (χ0) is 16.7. The van der Waals surface area contributed by atoms with E-state index >= 15 is 0 Å². The van der Waals surface area contributed by atoms with Gasteiger partial charge < -0.3 is 10.6 Å². The second-order valence-electron chi connectivity index (χ2n) is 4.51. The van der Waals surface area contributed by atoms with Gasteiger partial charge in [-0.1, -0.05) is 36.4 Å². The third-order valence-electron chi connectivity index (χ3n) is 2.69. The van der Waals surface area contributed by atoms with E-state index in [4.69, 9.17) is 11.6 Å². The fourth-order valence-electron chi connectivity index (χ4n) is 1.60. The summed E-state index contributed by atoms with van der Waals surface area (Å²) in [5, 5.41) is 14.4. The molecule has 1 aromatic heterocycles. The second-order valence-corrected chi connectivity index (χ2v) is 5.94. The number of benzene rings is 1. The number of hydrogen-bond acceptors (Lipinski definition) is 5. The van der Waals surface area contributed by atoms with Crippen LogP contribution in [0.3, 0.4) is 0 Å². The predicted octanol–water partition coefficient (Wildman–Crippen LogP) is 3.21. The summed E-state index contributed by atoms with van der Waals surface area (Å²) in [7, 11) is 0. The summed E-state index contributed by atoms with van der Waals surface area (Å²) in [5.41, 5.74) is 0.645. The molecule has 0 saturated heterocycles. The van der Waals surface area contributed by atoms with E-state index in [0.717, 1.165) is 0 Å². The molecule has 0 aliphatic rings. The normalized spacial score (nSPS) is 10.2. The molecule has 120 valence electrons. The lowest BCUT2D eigenvalue weighted by atomic mass is 10.3. The highest BCUT2D eigenvalue weighted by molar-refractivity contribution is 7.99. The number of nitrogens with one attached hydrogen (secondary N) is 2. The quantitative estimate of drug-likeness (QED) is 0.781. The monoisotopic (exact) mass is 350 g/mol. The zero-order valence-corrected chi connectivity index (χ0v) is 13.9. The number of thioether (sulfide) groups is 1. The van der Waals surface area contributed by atoms with Crippen LogP contribution >= 0.6 is 23.4 Å². The average Bonchev–Trinajstić information content (AvgIpc) is 2.54.